The lowest BCUT2D eigenvalue weighted by molar-refractivity contribution is -0.119. The van der Waals surface area contributed by atoms with Crippen molar-refractivity contribution in [3.8, 4) is 11.5 Å². The number of fused-ring (bicyclic) bond motifs is 1. The van der Waals surface area contributed by atoms with Crippen LogP contribution in [0.2, 0.25) is 0 Å². The van der Waals surface area contributed by atoms with E-state index >= 15 is 0 Å². The summed E-state index contributed by atoms with van der Waals surface area (Å²) in [4.78, 5) is 12.2. The minimum absolute atomic E-state index is 0.0769. The Balaban J connectivity index is 2.25. The number of anilines is 1. The molecule has 1 aliphatic heterocycles. The molecule has 1 amide bonds. The van der Waals surface area contributed by atoms with Crippen LogP contribution in [0.1, 0.15) is 32.8 Å². The number of carbonyl (C=O) groups excluding carboxylic acids is 1. The Morgan fingerprint density at radius 1 is 1.52 bits per heavy atom. The number of hydrogen-bond donors (Lipinski definition) is 2. The Labute approximate surface area is 125 Å². The Morgan fingerprint density at radius 3 is 2.90 bits per heavy atom. The molecule has 0 aliphatic carbocycles. The van der Waals surface area contributed by atoms with Crippen LogP contribution >= 0.6 is 0 Å². The molecule has 21 heavy (non-hydrogen) atoms. The molecule has 1 aromatic carbocycles. The summed E-state index contributed by atoms with van der Waals surface area (Å²) in [5.74, 6) is 1.25. The lowest BCUT2D eigenvalue weighted by Crippen LogP contribution is -2.28. The minimum Gasteiger partial charge on any atom is -0.492 e. The van der Waals surface area contributed by atoms with Gasteiger partial charge in [0.2, 0.25) is 5.91 Å². The van der Waals surface area contributed by atoms with Gasteiger partial charge in [0.1, 0.15) is 17.6 Å². The number of rotatable bonds is 6. The van der Waals surface area contributed by atoms with Crippen molar-refractivity contribution in [2.45, 2.75) is 39.7 Å². The van der Waals surface area contributed by atoms with E-state index in [0.29, 0.717) is 31.0 Å². The topological polar surface area (TPSA) is 73.6 Å². The predicted octanol–water partition coefficient (Wildman–Crippen LogP) is 2.33. The van der Waals surface area contributed by atoms with Crippen LogP contribution in [0.15, 0.2) is 12.1 Å². The molecular weight excluding hydrogens is 268 g/mol. The van der Waals surface area contributed by atoms with E-state index in [-0.39, 0.29) is 17.9 Å². The van der Waals surface area contributed by atoms with Gasteiger partial charge in [0.25, 0.3) is 0 Å². The summed E-state index contributed by atoms with van der Waals surface area (Å²) in [5, 5.41) is 2.92. The highest BCUT2D eigenvalue weighted by Crippen LogP contribution is 2.38. The van der Waals surface area contributed by atoms with Gasteiger partial charge in [-0.15, -0.1) is 0 Å². The maximum Gasteiger partial charge on any atom is 0.228 e. The largest absolute Gasteiger partial charge is 0.492 e. The maximum atomic E-state index is 12.2. The van der Waals surface area contributed by atoms with E-state index in [9.17, 15) is 4.79 Å². The van der Waals surface area contributed by atoms with Gasteiger partial charge < -0.3 is 20.5 Å². The van der Waals surface area contributed by atoms with E-state index in [4.69, 9.17) is 15.2 Å². The summed E-state index contributed by atoms with van der Waals surface area (Å²) in [6, 6.07) is 3.81. The number of ether oxygens (including phenoxy) is 2. The van der Waals surface area contributed by atoms with E-state index in [0.717, 1.165) is 17.7 Å². The summed E-state index contributed by atoms with van der Waals surface area (Å²) in [7, 11) is 0. The molecule has 5 heteroatoms. The molecule has 0 radical (unpaired) electrons. The number of nitrogens with two attached hydrogens (primary N) is 1. The molecular formula is C16H24N2O3. The first-order valence-corrected chi connectivity index (χ1v) is 7.56. The third-order valence-electron chi connectivity index (χ3n) is 3.70. The molecule has 0 aromatic heterocycles. The molecule has 0 fully saturated rings. The molecule has 116 valence electrons. The van der Waals surface area contributed by atoms with Crippen molar-refractivity contribution in [1.82, 2.24) is 0 Å². The second kappa shape index (κ2) is 6.80. The molecule has 0 bridgehead atoms. The predicted molar refractivity (Wildman–Crippen MR) is 82.9 cm³/mol. The van der Waals surface area contributed by atoms with Crippen LogP contribution in [0.25, 0.3) is 0 Å². The van der Waals surface area contributed by atoms with Gasteiger partial charge in [-0.3, -0.25) is 4.79 Å². The smallest absolute Gasteiger partial charge is 0.228 e. The van der Waals surface area contributed by atoms with E-state index in [1.807, 2.05) is 32.9 Å². The summed E-state index contributed by atoms with van der Waals surface area (Å²) in [6.07, 6.45) is 1.74. The zero-order valence-corrected chi connectivity index (χ0v) is 12.9. The highest BCUT2D eigenvalue weighted by atomic mass is 16.5. The van der Waals surface area contributed by atoms with Gasteiger partial charge in [-0.1, -0.05) is 6.92 Å². The monoisotopic (exact) mass is 292 g/mol. The molecule has 2 unspecified atom stereocenters. The second-order valence-electron chi connectivity index (χ2n) is 5.35. The summed E-state index contributed by atoms with van der Waals surface area (Å²) >= 11 is 0. The Hall–Kier alpha value is -1.75. The zero-order chi connectivity index (χ0) is 15.4. The van der Waals surface area contributed by atoms with Crippen LogP contribution in [0.4, 0.5) is 5.69 Å². The molecule has 0 saturated heterocycles. The second-order valence-corrected chi connectivity index (χ2v) is 5.35. The van der Waals surface area contributed by atoms with E-state index in [1.54, 1.807) is 0 Å². The van der Waals surface area contributed by atoms with Gasteiger partial charge in [0.15, 0.2) is 0 Å². The van der Waals surface area contributed by atoms with E-state index in [2.05, 4.69) is 5.32 Å². The Bertz CT molecular complexity index is 512. The van der Waals surface area contributed by atoms with Crippen LogP contribution in [0.5, 0.6) is 11.5 Å². The minimum atomic E-state index is -0.187. The summed E-state index contributed by atoms with van der Waals surface area (Å²) in [5.41, 5.74) is 7.40. The van der Waals surface area contributed by atoms with E-state index < -0.39 is 0 Å². The average Bonchev–Trinajstić information content (AvgIpc) is 2.80. The number of benzene rings is 1. The van der Waals surface area contributed by atoms with Crippen LogP contribution < -0.4 is 20.5 Å². The van der Waals surface area contributed by atoms with Gasteiger partial charge >= 0.3 is 0 Å². The van der Waals surface area contributed by atoms with Crippen LogP contribution in [0, 0.1) is 5.92 Å². The SMILES string of the molecule is CCOc1cc2c(cc1NC(=O)C(CC)CN)OC(C)C2. The molecule has 0 spiro atoms. The highest BCUT2D eigenvalue weighted by Gasteiger charge is 2.23. The van der Waals surface area contributed by atoms with Crippen molar-refractivity contribution in [1.29, 1.82) is 0 Å². The fourth-order valence-corrected chi connectivity index (χ4v) is 2.51. The normalized spacial score (nSPS) is 17.8. The maximum absolute atomic E-state index is 12.2. The van der Waals surface area contributed by atoms with Gasteiger partial charge in [-0.2, -0.15) is 0 Å². The van der Waals surface area contributed by atoms with Crippen LogP contribution in [-0.4, -0.2) is 25.2 Å². The third-order valence-corrected chi connectivity index (χ3v) is 3.70. The number of nitrogens with one attached hydrogen (secondary N) is 1. The lowest BCUT2D eigenvalue weighted by atomic mass is 10.1. The van der Waals surface area contributed by atoms with Crippen molar-refractivity contribution in [2.75, 3.05) is 18.5 Å². The average molecular weight is 292 g/mol. The van der Waals surface area contributed by atoms with Crippen molar-refractivity contribution in [3.63, 3.8) is 0 Å². The first-order chi connectivity index (χ1) is 10.1. The molecule has 0 saturated carbocycles. The third kappa shape index (κ3) is 3.47. The summed E-state index contributed by atoms with van der Waals surface area (Å²) < 4.78 is 11.4. The van der Waals surface area contributed by atoms with Gasteiger partial charge in [-0.25, -0.2) is 0 Å². The fraction of sp³-hybridized carbons (Fsp3) is 0.562. The molecule has 1 aromatic rings. The van der Waals surface area contributed by atoms with E-state index in [1.165, 1.54) is 0 Å². The standard InChI is InChI=1S/C16H24N2O3/c1-4-11(9-17)16(19)18-13-8-14-12(6-10(3)21-14)7-15(13)20-5-2/h7-8,10-11H,4-6,9,17H2,1-3H3,(H,18,19). The van der Waals surface area contributed by atoms with Crippen LogP contribution in [0.3, 0.4) is 0 Å². The molecule has 2 rings (SSSR count). The first-order valence-electron chi connectivity index (χ1n) is 7.56. The first kappa shape index (κ1) is 15.6. The molecule has 1 aliphatic rings. The fourth-order valence-electron chi connectivity index (χ4n) is 2.51. The van der Waals surface area contributed by atoms with Crippen molar-refractivity contribution in [2.24, 2.45) is 11.7 Å². The molecule has 5 nitrogen and oxygen atoms in total. The number of amides is 1. The lowest BCUT2D eigenvalue weighted by Gasteiger charge is -2.16. The molecule has 1 heterocycles. The van der Waals surface area contributed by atoms with Crippen LogP contribution in [-0.2, 0) is 11.2 Å². The van der Waals surface area contributed by atoms with Gasteiger partial charge in [0.05, 0.1) is 18.2 Å². The zero-order valence-electron chi connectivity index (χ0n) is 12.9. The quantitative estimate of drug-likeness (QED) is 0.844. The van der Waals surface area contributed by atoms with Crippen molar-refractivity contribution < 1.29 is 14.3 Å². The Morgan fingerprint density at radius 2 is 2.29 bits per heavy atom. The molecule has 2 atom stereocenters. The van der Waals surface area contributed by atoms with Gasteiger partial charge in [-0.05, 0) is 26.3 Å². The molecule has 3 N–H and O–H groups in total. The van der Waals surface area contributed by atoms with Gasteiger partial charge in [0, 0.05) is 24.6 Å². The summed E-state index contributed by atoms with van der Waals surface area (Å²) in [6.45, 7) is 6.79. The number of carbonyl (C=O) groups is 1. The van der Waals surface area contributed by atoms with Crippen molar-refractivity contribution in [3.05, 3.63) is 17.7 Å². The number of hydrogen-bond acceptors (Lipinski definition) is 4. The Kier molecular flexibility index (Phi) is 5.07. The highest BCUT2D eigenvalue weighted by molar-refractivity contribution is 5.94. The van der Waals surface area contributed by atoms with Crippen molar-refractivity contribution >= 4 is 11.6 Å².